The fourth-order valence-corrected chi connectivity index (χ4v) is 4.17. The number of morpholine rings is 1. The molecule has 0 unspecified atom stereocenters. The lowest BCUT2D eigenvalue weighted by molar-refractivity contribution is -0.163. The Morgan fingerprint density at radius 3 is 2.12 bits per heavy atom. The number of nitrogens with two attached hydrogens (primary N) is 1. The summed E-state index contributed by atoms with van der Waals surface area (Å²) in [5.41, 5.74) is 8.88. The van der Waals surface area contributed by atoms with Crippen molar-refractivity contribution in [2.75, 3.05) is 19.7 Å². The van der Waals surface area contributed by atoms with Gasteiger partial charge in [-0.25, -0.2) is 0 Å². The highest BCUT2D eigenvalue weighted by Gasteiger charge is 2.43. The number of amides is 2. The van der Waals surface area contributed by atoms with Crippen LogP contribution in [0.2, 0.25) is 0 Å². The number of benzene rings is 3. The molecule has 0 radical (unpaired) electrons. The van der Waals surface area contributed by atoms with E-state index in [-0.39, 0.29) is 12.5 Å². The van der Waals surface area contributed by atoms with Crippen molar-refractivity contribution in [1.29, 1.82) is 0 Å². The van der Waals surface area contributed by atoms with Gasteiger partial charge in [-0.1, -0.05) is 84.9 Å². The van der Waals surface area contributed by atoms with E-state index in [9.17, 15) is 9.59 Å². The molecule has 0 bridgehead atoms. The summed E-state index contributed by atoms with van der Waals surface area (Å²) in [6.07, 6.45) is 1.39. The molecule has 5 heteroatoms. The van der Waals surface area contributed by atoms with Gasteiger partial charge in [-0.3, -0.25) is 9.59 Å². The lowest BCUT2D eigenvalue weighted by atomic mass is 9.90. The topological polar surface area (TPSA) is 72.6 Å². The highest BCUT2D eigenvalue weighted by Crippen LogP contribution is 2.26. The first-order valence-corrected chi connectivity index (χ1v) is 11.0. The minimum Gasteiger partial charge on any atom is -0.367 e. The predicted molar refractivity (Wildman–Crippen MR) is 125 cm³/mol. The summed E-state index contributed by atoms with van der Waals surface area (Å²) >= 11 is 0. The molecule has 0 saturated carbocycles. The zero-order valence-corrected chi connectivity index (χ0v) is 18.1. The smallest absolute Gasteiger partial charge is 0.251 e. The Labute approximate surface area is 188 Å². The van der Waals surface area contributed by atoms with Crippen molar-refractivity contribution in [1.82, 2.24) is 4.90 Å². The van der Waals surface area contributed by atoms with Crippen LogP contribution in [0.5, 0.6) is 0 Å². The molecular weight excluding hydrogens is 400 g/mol. The van der Waals surface area contributed by atoms with E-state index in [4.69, 9.17) is 10.5 Å². The van der Waals surface area contributed by atoms with Crippen molar-refractivity contribution < 1.29 is 14.3 Å². The lowest BCUT2D eigenvalue weighted by Crippen LogP contribution is -2.61. The Morgan fingerprint density at radius 1 is 0.844 bits per heavy atom. The van der Waals surface area contributed by atoms with Crippen molar-refractivity contribution in [3.8, 4) is 11.1 Å². The molecule has 5 nitrogen and oxygen atoms in total. The van der Waals surface area contributed by atoms with E-state index in [1.807, 2.05) is 72.8 Å². The maximum atomic E-state index is 12.9. The molecule has 2 N–H and O–H groups in total. The minimum absolute atomic E-state index is 0.0159. The molecule has 32 heavy (non-hydrogen) atoms. The summed E-state index contributed by atoms with van der Waals surface area (Å²) in [5.74, 6) is -0.521. The zero-order valence-electron chi connectivity index (χ0n) is 18.1. The minimum atomic E-state index is -1.21. The number of nitrogens with zero attached hydrogens (tertiary/aromatic N) is 1. The molecule has 2 amide bonds. The molecule has 1 atom stereocenters. The number of carbonyl (C=O) groups is 2. The molecule has 0 spiro atoms. The van der Waals surface area contributed by atoms with Gasteiger partial charge in [-0.05, 0) is 28.7 Å². The molecule has 0 aromatic heterocycles. The molecular formula is C27H28N2O3. The van der Waals surface area contributed by atoms with E-state index in [0.717, 1.165) is 22.3 Å². The maximum absolute atomic E-state index is 12.9. The van der Waals surface area contributed by atoms with Crippen molar-refractivity contribution in [3.63, 3.8) is 0 Å². The first kappa shape index (κ1) is 21.8. The standard InChI is InChI=1S/C27H28N2O3/c28-26(31)27(19-22-11-14-24(15-12-22)23-9-5-2-6-10-23)20-29(17-18-32-27)25(30)16-13-21-7-3-1-4-8-21/h1-12,14-15H,13,16-20H2,(H2,28,31)/t27-/m0/s1. The number of ether oxygens (including phenoxy) is 1. The van der Waals surface area contributed by atoms with Gasteiger partial charge in [0.25, 0.3) is 5.91 Å². The molecule has 1 aliphatic heterocycles. The second-order valence-corrected chi connectivity index (χ2v) is 8.25. The van der Waals surface area contributed by atoms with Gasteiger partial charge >= 0.3 is 0 Å². The van der Waals surface area contributed by atoms with Gasteiger partial charge in [-0.15, -0.1) is 0 Å². The van der Waals surface area contributed by atoms with Gasteiger partial charge < -0.3 is 15.4 Å². The number of carbonyl (C=O) groups excluding carboxylic acids is 2. The molecule has 0 aliphatic carbocycles. The normalized spacial score (nSPS) is 18.3. The number of rotatable bonds is 7. The van der Waals surface area contributed by atoms with Crippen LogP contribution < -0.4 is 5.73 Å². The Hall–Kier alpha value is -3.44. The third-order valence-electron chi connectivity index (χ3n) is 6.01. The number of hydrogen-bond donors (Lipinski definition) is 1. The Bertz CT molecular complexity index is 1050. The van der Waals surface area contributed by atoms with E-state index in [0.29, 0.717) is 32.4 Å². The van der Waals surface area contributed by atoms with Crippen LogP contribution in [0.25, 0.3) is 11.1 Å². The van der Waals surface area contributed by atoms with Crippen molar-refractivity contribution in [2.45, 2.75) is 24.9 Å². The van der Waals surface area contributed by atoms with Crippen LogP contribution >= 0.6 is 0 Å². The lowest BCUT2D eigenvalue weighted by Gasteiger charge is -2.41. The van der Waals surface area contributed by atoms with Gasteiger partial charge in [0.15, 0.2) is 5.60 Å². The van der Waals surface area contributed by atoms with E-state index < -0.39 is 11.5 Å². The van der Waals surface area contributed by atoms with Crippen molar-refractivity contribution in [2.24, 2.45) is 5.73 Å². The average molecular weight is 429 g/mol. The highest BCUT2D eigenvalue weighted by molar-refractivity contribution is 5.86. The molecule has 1 aliphatic rings. The van der Waals surface area contributed by atoms with Gasteiger partial charge in [0.05, 0.1) is 13.2 Å². The third-order valence-corrected chi connectivity index (χ3v) is 6.01. The van der Waals surface area contributed by atoms with E-state index in [1.165, 1.54) is 0 Å². The van der Waals surface area contributed by atoms with E-state index in [1.54, 1.807) is 4.90 Å². The third kappa shape index (κ3) is 5.06. The summed E-state index contributed by atoms with van der Waals surface area (Å²) in [6.45, 7) is 0.939. The highest BCUT2D eigenvalue weighted by atomic mass is 16.5. The van der Waals surface area contributed by atoms with Crippen LogP contribution in [0.15, 0.2) is 84.9 Å². The fraction of sp³-hybridized carbons (Fsp3) is 0.259. The average Bonchev–Trinajstić information content (AvgIpc) is 2.84. The summed E-state index contributed by atoms with van der Waals surface area (Å²) in [7, 11) is 0. The maximum Gasteiger partial charge on any atom is 0.251 e. The molecule has 3 aromatic carbocycles. The predicted octanol–water partition coefficient (Wildman–Crippen LogP) is 3.61. The first-order chi connectivity index (χ1) is 15.6. The zero-order chi connectivity index (χ0) is 22.4. The molecule has 4 rings (SSSR count). The molecule has 3 aromatic rings. The van der Waals surface area contributed by atoms with Gasteiger partial charge in [-0.2, -0.15) is 0 Å². The molecule has 164 valence electrons. The molecule has 1 heterocycles. The van der Waals surface area contributed by atoms with Gasteiger partial charge in [0.1, 0.15) is 0 Å². The van der Waals surface area contributed by atoms with E-state index in [2.05, 4.69) is 12.1 Å². The SMILES string of the molecule is NC(=O)[C@]1(Cc2ccc(-c3ccccc3)cc2)CN(C(=O)CCc2ccccc2)CCO1. The Balaban J connectivity index is 1.44. The van der Waals surface area contributed by atoms with Gasteiger partial charge in [0, 0.05) is 19.4 Å². The number of aryl methyl sites for hydroxylation is 1. The monoisotopic (exact) mass is 428 g/mol. The van der Waals surface area contributed by atoms with Crippen LogP contribution in [0.3, 0.4) is 0 Å². The van der Waals surface area contributed by atoms with Gasteiger partial charge in [0.2, 0.25) is 5.91 Å². The Kier molecular flexibility index (Phi) is 6.66. The van der Waals surface area contributed by atoms with Crippen LogP contribution in [-0.4, -0.2) is 42.0 Å². The molecule has 1 fully saturated rings. The Morgan fingerprint density at radius 2 is 1.47 bits per heavy atom. The van der Waals surface area contributed by atoms with Crippen molar-refractivity contribution in [3.05, 3.63) is 96.1 Å². The second kappa shape index (κ2) is 9.79. The van der Waals surface area contributed by atoms with Crippen LogP contribution in [0, 0.1) is 0 Å². The van der Waals surface area contributed by atoms with Crippen molar-refractivity contribution >= 4 is 11.8 Å². The van der Waals surface area contributed by atoms with Crippen LogP contribution in [-0.2, 0) is 27.2 Å². The molecule has 1 saturated heterocycles. The first-order valence-electron chi connectivity index (χ1n) is 11.0. The number of primary amides is 1. The second-order valence-electron chi connectivity index (χ2n) is 8.25. The van der Waals surface area contributed by atoms with Crippen LogP contribution in [0.1, 0.15) is 17.5 Å². The summed E-state index contributed by atoms with van der Waals surface area (Å²) in [5, 5.41) is 0. The summed E-state index contributed by atoms with van der Waals surface area (Å²) < 4.78 is 5.92. The largest absolute Gasteiger partial charge is 0.367 e. The summed E-state index contributed by atoms with van der Waals surface area (Å²) in [6, 6.07) is 28.1. The van der Waals surface area contributed by atoms with Crippen LogP contribution in [0.4, 0.5) is 0 Å². The van der Waals surface area contributed by atoms with E-state index >= 15 is 0 Å². The fourth-order valence-electron chi connectivity index (χ4n) is 4.17. The number of hydrogen-bond acceptors (Lipinski definition) is 3. The quantitative estimate of drug-likeness (QED) is 0.625. The summed E-state index contributed by atoms with van der Waals surface area (Å²) in [4.78, 5) is 27.0.